The van der Waals surface area contributed by atoms with Gasteiger partial charge in [0.2, 0.25) is 11.8 Å². The molecule has 1 aromatic carbocycles. The first-order valence-electron chi connectivity index (χ1n) is 8.48. The number of rotatable bonds is 5. The van der Waals surface area contributed by atoms with E-state index in [1.807, 2.05) is 0 Å². The molecule has 2 aliphatic heterocycles. The van der Waals surface area contributed by atoms with Gasteiger partial charge in [-0.25, -0.2) is 0 Å². The highest BCUT2D eigenvalue weighted by Crippen LogP contribution is 2.34. The molecule has 0 aliphatic carbocycles. The number of ether oxygens (including phenoxy) is 2. The lowest BCUT2D eigenvalue weighted by Crippen LogP contribution is -2.36. The molecular formula is C18H22N2O6. The number of aliphatic carboxylic acids is 1. The molecule has 2 fully saturated rings. The molecule has 8 heteroatoms. The van der Waals surface area contributed by atoms with Gasteiger partial charge in [-0.2, -0.15) is 0 Å². The third kappa shape index (κ3) is 3.31. The summed E-state index contributed by atoms with van der Waals surface area (Å²) in [5, 5.41) is 9.08. The molecule has 1 aromatic rings. The molecule has 140 valence electrons. The fourth-order valence-corrected chi connectivity index (χ4v) is 3.54. The fourth-order valence-electron chi connectivity index (χ4n) is 3.54. The Bertz CT molecular complexity index is 734. The van der Waals surface area contributed by atoms with Crippen LogP contribution in [-0.2, 0) is 14.4 Å². The molecule has 1 N–H and O–H groups in total. The van der Waals surface area contributed by atoms with Gasteiger partial charge in [0.25, 0.3) is 0 Å². The van der Waals surface area contributed by atoms with Crippen molar-refractivity contribution in [2.75, 3.05) is 38.8 Å². The van der Waals surface area contributed by atoms with E-state index >= 15 is 0 Å². The van der Waals surface area contributed by atoms with Crippen LogP contribution < -0.4 is 14.4 Å². The van der Waals surface area contributed by atoms with E-state index in [1.165, 1.54) is 14.2 Å². The number of carboxylic acid groups (broad SMARTS) is 1. The molecule has 0 unspecified atom stereocenters. The van der Waals surface area contributed by atoms with Crippen LogP contribution in [0.2, 0.25) is 0 Å². The fraction of sp³-hybridized carbons (Fsp3) is 0.500. The molecule has 0 spiro atoms. The van der Waals surface area contributed by atoms with Crippen molar-refractivity contribution < 1.29 is 29.0 Å². The zero-order valence-corrected chi connectivity index (χ0v) is 14.8. The zero-order chi connectivity index (χ0) is 18.8. The Morgan fingerprint density at radius 1 is 1.12 bits per heavy atom. The predicted octanol–water partition coefficient (Wildman–Crippen LogP) is 0.990. The van der Waals surface area contributed by atoms with E-state index in [4.69, 9.17) is 14.6 Å². The van der Waals surface area contributed by atoms with Gasteiger partial charge in [-0.15, -0.1) is 0 Å². The van der Waals surface area contributed by atoms with Gasteiger partial charge >= 0.3 is 5.97 Å². The average Bonchev–Trinajstić information content (AvgIpc) is 3.27. The van der Waals surface area contributed by atoms with Crippen LogP contribution in [0.1, 0.15) is 12.8 Å². The Labute approximate surface area is 151 Å². The van der Waals surface area contributed by atoms with E-state index in [1.54, 1.807) is 28.0 Å². The second-order valence-electron chi connectivity index (χ2n) is 6.55. The van der Waals surface area contributed by atoms with E-state index in [0.717, 1.165) is 0 Å². The van der Waals surface area contributed by atoms with Crippen LogP contribution in [0.15, 0.2) is 18.2 Å². The van der Waals surface area contributed by atoms with Crippen LogP contribution >= 0.6 is 0 Å². The van der Waals surface area contributed by atoms with Crippen LogP contribution in [0.5, 0.6) is 11.5 Å². The maximum absolute atomic E-state index is 12.7. The highest BCUT2D eigenvalue weighted by atomic mass is 16.5. The number of carbonyl (C=O) groups is 3. The molecule has 0 saturated carbocycles. The SMILES string of the molecule is COc1ccc(N2C[C@H](C(=O)N3CC[C@@H](C(=O)O)C3)CC2=O)cc1OC. The Morgan fingerprint density at radius 2 is 1.85 bits per heavy atom. The minimum atomic E-state index is -0.880. The lowest BCUT2D eigenvalue weighted by Gasteiger charge is -2.21. The van der Waals surface area contributed by atoms with Crippen LogP contribution in [-0.4, -0.2) is 61.6 Å². The van der Waals surface area contributed by atoms with Gasteiger partial charge in [0.05, 0.1) is 26.1 Å². The minimum Gasteiger partial charge on any atom is -0.493 e. The molecule has 2 amide bonds. The largest absolute Gasteiger partial charge is 0.493 e. The Morgan fingerprint density at radius 3 is 2.46 bits per heavy atom. The number of nitrogens with zero attached hydrogens (tertiary/aromatic N) is 2. The van der Waals surface area contributed by atoms with E-state index in [0.29, 0.717) is 30.2 Å². The molecular weight excluding hydrogens is 340 g/mol. The topological polar surface area (TPSA) is 96.4 Å². The summed E-state index contributed by atoms with van der Waals surface area (Å²) >= 11 is 0. The molecule has 2 atom stereocenters. The van der Waals surface area contributed by atoms with Crippen molar-refractivity contribution in [3.05, 3.63) is 18.2 Å². The van der Waals surface area contributed by atoms with Crippen molar-refractivity contribution in [1.82, 2.24) is 4.90 Å². The van der Waals surface area contributed by atoms with Crippen LogP contribution in [0.25, 0.3) is 0 Å². The molecule has 2 heterocycles. The molecule has 26 heavy (non-hydrogen) atoms. The molecule has 0 radical (unpaired) electrons. The van der Waals surface area contributed by atoms with Gasteiger partial charge in [0, 0.05) is 37.8 Å². The smallest absolute Gasteiger partial charge is 0.308 e. The average molecular weight is 362 g/mol. The lowest BCUT2D eigenvalue weighted by molar-refractivity contribution is -0.141. The van der Waals surface area contributed by atoms with E-state index in [2.05, 4.69) is 0 Å². The predicted molar refractivity (Wildman–Crippen MR) is 92.3 cm³/mol. The maximum atomic E-state index is 12.7. The van der Waals surface area contributed by atoms with E-state index in [9.17, 15) is 14.4 Å². The first kappa shape index (κ1) is 18.0. The monoisotopic (exact) mass is 362 g/mol. The highest BCUT2D eigenvalue weighted by molar-refractivity contribution is 6.00. The number of amides is 2. The number of methoxy groups -OCH3 is 2. The molecule has 3 rings (SSSR count). The molecule has 0 aromatic heterocycles. The number of anilines is 1. The van der Waals surface area contributed by atoms with Gasteiger partial charge in [0.1, 0.15) is 0 Å². The van der Waals surface area contributed by atoms with Gasteiger partial charge in [-0.3, -0.25) is 14.4 Å². The molecule has 2 aliphatic rings. The normalized spacial score (nSPS) is 22.6. The number of hydrogen-bond acceptors (Lipinski definition) is 5. The van der Waals surface area contributed by atoms with Gasteiger partial charge in [-0.05, 0) is 18.6 Å². The summed E-state index contributed by atoms with van der Waals surface area (Å²) in [6, 6.07) is 5.18. The standard InChI is InChI=1S/C18H22N2O6/c1-25-14-4-3-13(8-15(14)26-2)20-10-12(7-16(20)21)17(22)19-6-5-11(9-19)18(23)24/h3-4,8,11-12H,5-7,9-10H2,1-2H3,(H,23,24)/t11-,12-/m1/s1. The first-order chi connectivity index (χ1) is 12.4. The summed E-state index contributed by atoms with van der Waals surface area (Å²) in [7, 11) is 3.06. The number of benzene rings is 1. The van der Waals surface area contributed by atoms with Crippen molar-refractivity contribution in [3.63, 3.8) is 0 Å². The lowest BCUT2D eigenvalue weighted by atomic mass is 10.1. The quantitative estimate of drug-likeness (QED) is 0.839. The number of likely N-dealkylation sites (tertiary alicyclic amines) is 1. The second kappa shape index (κ2) is 7.23. The van der Waals surface area contributed by atoms with Crippen LogP contribution in [0.3, 0.4) is 0 Å². The van der Waals surface area contributed by atoms with Gasteiger partial charge in [-0.1, -0.05) is 0 Å². The highest BCUT2D eigenvalue weighted by Gasteiger charge is 2.40. The number of carbonyl (C=O) groups excluding carboxylic acids is 2. The summed E-state index contributed by atoms with van der Waals surface area (Å²) in [6.45, 7) is 0.924. The second-order valence-corrected chi connectivity index (χ2v) is 6.55. The van der Waals surface area contributed by atoms with E-state index < -0.39 is 17.8 Å². The Hall–Kier alpha value is -2.77. The summed E-state index contributed by atoms with van der Waals surface area (Å²) in [5.74, 6) is -1.06. The zero-order valence-electron chi connectivity index (χ0n) is 14.8. The van der Waals surface area contributed by atoms with E-state index in [-0.39, 0.29) is 31.3 Å². The third-order valence-electron chi connectivity index (χ3n) is 5.00. The van der Waals surface area contributed by atoms with Crippen LogP contribution in [0.4, 0.5) is 5.69 Å². The van der Waals surface area contributed by atoms with Gasteiger partial charge < -0.3 is 24.4 Å². The van der Waals surface area contributed by atoms with Crippen molar-refractivity contribution in [2.45, 2.75) is 12.8 Å². The molecule has 8 nitrogen and oxygen atoms in total. The number of hydrogen-bond donors (Lipinski definition) is 1. The summed E-state index contributed by atoms with van der Waals surface area (Å²) in [4.78, 5) is 39.3. The molecule has 2 saturated heterocycles. The van der Waals surface area contributed by atoms with Crippen molar-refractivity contribution >= 4 is 23.5 Å². The summed E-state index contributed by atoms with van der Waals surface area (Å²) < 4.78 is 10.5. The number of carboxylic acids is 1. The third-order valence-corrected chi connectivity index (χ3v) is 5.00. The van der Waals surface area contributed by atoms with Crippen molar-refractivity contribution in [1.29, 1.82) is 0 Å². The summed E-state index contributed by atoms with van der Waals surface area (Å²) in [6.07, 6.45) is 0.586. The molecule has 0 bridgehead atoms. The van der Waals surface area contributed by atoms with Crippen LogP contribution in [0, 0.1) is 11.8 Å². The first-order valence-corrected chi connectivity index (χ1v) is 8.48. The van der Waals surface area contributed by atoms with Crippen molar-refractivity contribution in [3.8, 4) is 11.5 Å². The minimum absolute atomic E-state index is 0.126. The van der Waals surface area contributed by atoms with Gasteiger partial charge in [0.15, 0.2) is 11.5 Å². The Balaban J connectivity index is 1.71. The maximum Gasteiger partial charge on any atom is 0.308 e. The summed E-state index contributed by atoms with van der Waals surface area (Å²) in [5.41, 5.74) is 0.646. The Kier molecular flexibility index (Phi) is 5.01. The van der Waals surface area contributed by atoms with Crippen molar-refractivity contribution in [2.24, 2.45) is 11.8 Å².